The molecule has 4 aliphatic rings. The Hall–Kier alpha value is -0.180. The molecule has 4 fully saturated rings. The zero-order valence-corrected chi connectivity index (χ0v) is 15.6. The van der Waals surface area contributed by atoms with Gasteiger partial charge >= 0.3 is 0 Å². The lowest BCUT2D eigenvalue weighted by Crippen LogP contribution is -2.55. The summed E-state index contributed by atoms with van der Waals surface area (Å²) in [6.45, 7) is 7.75. The number of hydrogen-bond acceptors (Lipinski definition) is 1. The summed E-state index contributed by atoms with van der Waals surface area (Å²) in [5, 5.41) is 0. The molecule has 4 saturated carbocycles. The van der Waals surface area contributed by atoms with E-state index >= 15 is 0 Å². The number of hydrogen-bond donors (Lipinski definition) is 0. The van der Waals surface area contributed by atoms with E-state index in [0.29, 0.717) is 17.4 Å². The van der Waals surface area contributed by atoms with Gasteiger partial charge in [0.05, 0.1) is 6.10 Å². The van der Waals surface area contributed by atoms with Gasteiger partial charge < -0.3 is 4.74 Å². The summed E-state index contributed by atoms with van der Waals surface area (Å²) in [6, 6.07) is 0. The average molecular weight is 340 g/mol. The van der Waals surface area contributed by atoms with E-state index in [9.17, 15) is 8.78 Å². The van der Waals surface area contributed by atoms with Gasteiger partial charge in [-0.05, 0) is 86.4 Å². The lowest BCUT2D eigenvalue weighted by molar-refractivity contribution is -0.169. The third-order valence-electron chi connectivity index (χ3n) is 8.92. The molecule has 0 aliphatic heterocycles. The normalized spacial score (nSPS) is 53.1. The zero-order chi connectivity index (χ0) is 17.2. The van der Waals surface area contributed by atoms with Crippen LogP contribution in [0.2, 0.25) is 0 Å². The summed E-state index contributed by atoms with van der Waals surface area (Å²) in [7, 11) is 0. The van der Waals surface area contributed by atoms with Crippen LogP contribution in [0.5, 0.6) is 0 Å². The summed E-state index contributed by atoms with van der Waals surface area (Å²) >= 11 is 0. The molecule has 0 aromatic carbocycles. The van der Waals surface area contributed by atoms with Gasteiger partial charge in [0.1, 0.15) is 0 Å². The molecule has 7 atom stereocenters. The molecular formula is C21H34F2O. The molecular weight excluding hydrogens is 306 g/mol. The minimum absolute atomic E-state index is 0.118. The van der Waals surface area contributed by atoms with Crippen LogP contribution in [0.4, 0.5) is 8.78 Å². The van der Waals surface area contributed by atoms with Gasteiger partial charge in [-0.2, -0.15) is 0 Å². The van der Waals surface area contributed by atoms with E-state index in [1.807, 2.05) is 0 Å². The Morgan fingerprint density at radius 2 is 1.62 bits per heavy atom. The lowest BCUT2D eigenvalue weighted by atomic mass is 9.45. The number of fused-ring (bicyclic) bond motifs is 5. The maximum Gasteiger partial charge on any atom is 0.248 e. The molecule has 0 bridgehead atoms. The smallest absolute Gasteiger partial charge is 0.248 e. The fourth-order valence-corrected chi connectivity index (χ4v) is 7.60. The SMILES string of the molecule is CCO[C@H]1CC[C@H]2[C@@H]3CC[C@H]4CC(F)(F)CC[C@]4(C)[C@H]3CC[C@]12C. The molecule has 3 heteroatoms. The Kier molecular flexibility index (Phi) is 4.07. The summed E-state index contributed by atoms with van der Waals surface area (Å²) in [5.74, 6) is 0.0186. The van der Waals surface area contributed by atoms with Crippen molar-refractivity contribution >= 4 is 0 Å². The standard InChI is InChI=1S/C21H34F2O/c1-4-24-18-8-7-16-15-6-5-14-13-21(22,23)12-11-19(14,2)17(15)9-10-20(16,18)3/h14-18H,4-13H2,1-3H3/t14-,15-,16-,17-,18-,19-,20-/m0/s1. The second-order valence-corrected chi connectivity index (χ2v) is 9.78. The number of alkyl halides is 2. The molecule has 0 N–H and O–H groups in total. The molecule has 0 unspecified atom stereocenters. The van der Waals surface area contributed by atoms with E-state index in [0.717, 1.165) is 31.3 Å². The van der Waals surface area contributed by atoms with E-state index in [2.05, 4.69) is 20.8 Å². The third kappa shape index (κ3) is 2.40. The molecule has 0 aromatic rings. The van der Waals surface area contributed by atoms with Crippen molar-refractivity contribution in [1.82, 2.24) is 0 Å². The molecule has 138 valence electrons. The molecule has 0 radical (unpaired) electrons. The first-order valence-corrected chi connectivity index (χ1v) is 10.3. The van der Waals surface area contributed by atoms with Gasteiger partial charge in [-0.25, -0.2) is 8.78 Å². The van der Waals surface area contributed by atoms with Crippen molar-refractivity contribution in [1.29, 1.82) is 0 Å². The Morgan fingerprint density at radius 3 is 2.38 bits per heavy atom. The van der Waals surface area contributed by atoms with Crippen LogP contribution in [0.1, 0.15) is 78.6 Å². The van der Waals surface area contributed by atoms with E-state index in [4.69, 9.17) is 4.74 Å². The maximum absolute atomic E-state index is 14.0. The summed E-state index contributed by atoms with van der Waals surface area (Å²) in [4.78, 5) is 0. The Morgan fingerprint density at radius 1 is 0.875 bits per heavy atom. The highest BCUT2D eigenvalue weighted by molar-refractivity contribution is 5.10. The first kappa shape index (κ1) is 17.2. The highest BCUT2D eigenvalue weighted by Crippen LogP contribution is 2.67. The van der Waals surface area contributed by atoms with E-state index in [1.165, 1.54) is 32.1 Å². The average Bonchev–Trinajstić information content (AvgIpc) is 2.85. The molecule has 0 saturated heterocycles. The highest BCUT2D eigenvalue weighted by Gasteiger charge is 2.61. The summed E-state index contributed by atoms with van der Waals surface area (Å²) < 4.78 is 34.0. The molecule has 0 amide bonds. The molecule has 1 nitrogen and oxygen atoms in total. The van der Waals surface area contributed by atoms with Crippen molar-refractivity contribution in [3.8, 4) is 0 Å². The van der Waals surface area contributed by atoms with Crippen molar-refractivity contribution in [2.75, 3.05) is 6.61 Å². The van der Waals surface area contributed by atoms with Crippen LogP contribution >= 0.6 is 0 Å². The second-order valence-electron chi connectivity index (χ2n) is 9.78. The maximum atomic E-state index is 14.0. The fourth-order valence-electron chi connectivity index (χ4n) is 7.60. The molecule has 0 aromatic heterocycles. The van der Waals surface area contributed by atoms with Gasteiger partial charge in [-0.1, -0.05) is 13.8 Å². The van der Waals surface area contributed by atoms with Gasteiger partial charge in [0.15, 0.2) is 0 Å². The van der Waals surface area contributed by atoms with Gasteiger partial charge in [-0.15, -0.1) is 0 Å². The summed E-state index contributed by atoms with van der Waals surface area (Å²) in [5.41, 5.74) is 0.495. The van der Waals surface area contributed by atoms with Crippen LogP contribution in [0, 0.1) is 34.5 Å². The Bertz CT molecular complexity index is 492. The van der Waals surface area contributed by atoms with Crippen molar-refractivity contribution in [3.63, 3.8) is 0 Å². The van der Waals surface area contributed by atoms with Crippen LogP contribution in [-0.4, -0.2) is 18.6 Å². The lowest BCUT2D eigenvalue weighted by Gasteiger charge is -2.61. The second kappa shape index (κ2) is 5.66. The van der Waals surface area contributed by atoms with E-state index in [-0.39, 0.29) is 24.2 Å². The largest absolute Gasteiger partial charge is 0.378 e. The minimum atomic E-state index is -2.41. The topological polar surface area (TPSA) is 9.23 Å². The number of ether oxygens (including phenoxy) is 1. The van der Waals surface area contributed by atoms with Crippen LogP contribution in [0.3, 0.4) is 0 Å². The molecule has 24 heavy (non-hydrogen) atoms. The molecule has 0 spiro atoms. The quantitative estimate of drug-likeness (QED) is 0.593. The molecule has 4 aliphatic carbocycles. The predicted octanol–water partition coefficient (Wildman–Crippen LogP) is 6.07. The van der Waals surface area contributed by atoms with Gasteiger partial charge in [0, 0.05) is 19.4 Å². The Labute approximate surface area is 145 Å². The first-order valence-electron chi connectivity index (χ1n) is 10.3. The fraction of sp³-hybridized carbons (Fsp3) is 1.00. The Balaban J connectivity index is 1.58. The van der Waals surface area contributed by atoms with Crippen molar-refractivity contribution in [2.24, 2.45) is 34.5 Å². The predicted molar refractivity (Wildman–Crippen MR) is 92.1 cm³/mol. The van der Waals surface area contributed by atoms with Gasteiger partial charge in [0.2, 0.25) is 5.92 Å². The van der Waals surface area contributed by atoms with Crippen LogP contribution in [-0.2, 0) is 4.74 Å². The van der Waals surface area contributed by atoms with Crippen molar-refractivity contribution in [2.45, 2.75) is 90.6 Å². The first-order chi connectivity index (χ1) is 11.3. The van der Waals surface area contributed by atoms with Crippen LogP contribution in [0.15, 0.2) is 0 Å². The zero-order valence-electron chi connectivity index (χ0n) is 15.6. The van der Waals surface area contributed by atoms with E-state index in [1.54, 1.807) is 0 Å². The number of halogens is 2. The van der Waals surface area contributed by atoms with Gasteiger partial charge in [-0.3, -0.25) is 0 Å². The van der Waals surface area contributed by atoms with Gasteiger partial charge in [0.25, 0.3) is 0 Å². The van der Waals surface area contributed by atoms with Crippen LogP contribution in [0.25, 0.3) is 0 Å². The third-order valence-corrected chi connectivity index (χ3v) is 8.92. The molecule has 0 heterocycles. The minimum Gasteiger partial charge on any atom is -0.378 e. The number of rotatable bonds is 2. The summed E-state index contributed by atoms with van der Waals surface area (Å²) in [6.07, 6.45) is 8.61. The highest BCUT2D eigenvalue weighted by atomic mass is 19.3. The molecule has 4 rings (SSSR count). The van der Waals surface area contributed by atoms with E-state index < -0.39 is 5.92 Å². The monoisotopic (exact) mass is 340 g/mol. The van der Waals surface area contributed by atoms with Crippen molar-refractivity contribution in [3.05, 3.63) is 0 Å². The van der Waals surface area contributed by atoms with Crippen molar-refractivity contribution < 1.29 is 13.5 Å². The van der Waals surface area contributed by atoms with Crippen LogP contribution < -0.4 is 0 Å².